The van der Waals surface area contributed by atoms with Crippen molar-refractivity contribution in [2.45, 2.75) is 54.6 Å². The third-order valence-electron chi connectivity index (χ3n) is 4.84. The van der Waals surface area contributed by atoms with E-state index >= 15 is 0 Å². The molecule has 0 saturated heterocycles. The number of hydrogen-bond acceptors (Lipinski definition) is 6. The monoisotopic (exact) mass is 471 g/mol. The molecule has 2 heterocycles. The van der Waals surface area contributed by atoms with Gasteiger partial charge in [0.1, 0.15) is 11.6 Å². The molecule has 2 aromatic heterocycles. The Hall–Kier alpha value is -2.45. The highest BCUT2D eigenvalue weighted by Gasteiger charge is 2.22. The van der Waals surface area contributed by atoms with Crippen molar-refractivity contribution >= 4 is 35.2 Å². The third-order valence-corrected chi connectivity index (χ3v) is 5.43. The van der Waals surface area contributed by atoms with E-state index in [1.807, 2.05) is 77.9 Å². The summed E-state index contributed by atoms with van der Waals surface area (Å²) < 4.78 is 0. The summed E-state index contributed by atoms with van der Waals surface area (Å²) in [5, 5.41) is 5.80. The van der Waals surface area contributed by atoms with Gasteiger partial charge >= 0.3 is 0 Å². The first-order chi connectivity index (χ1) is 15.4. The van der Waals surface area contributed by atoms with E-state index in [-0.39, 0.29) is 11.8 Å². The first-order valence-electron chi connectivity index (χ1n) is 11.1. The molecule has 2 amide bonds. The van der Waals surface area contributed by atoms with Crippen LogP contribution >= 0.6 is 11.8 Å². The van der Waals surface area contributed by atoms with Crippen molar-refractivity contribution in [3.8, 4) is 0 Å². The summed E-state index contributed by atoms with van der Waals surface area (Å²) in [6.07, 6.45) is 2.08. The zero-order chi connectivity index (χ0) is 24.6. The molecule has 0 aliphatic rings. The molecule has 0 unspecified atom stereocenters. The Bertz CT molecular complexity index is 877. The molecule has 0 spiro atoms. The van der Waals surface area contributed by atoms with Crippen LogP contribution < -0.4 is 10.6 Å². The number of aromatic nitrogens is 2. The van der Waals surface area contributed by atoms with E-state index in [0.29, 0.717) is 24.7 Å². The Morgan fingerprint density at radius 1 is 0.818 bits per heavy atom. The second-order valence-corrected chi connectivity index (χ2v) is 11.1. The van der Waals surface area contributed by atoms with Crippen molar-refractivity contribution < 1.29 is 9.59 Å². The van der Waals surface area contributed by atoms with Gasteiger partial charge in [-0.05, 0) is 30.5 Å². The molecule has 0 bridgehead atoms. The van der Waals surface area contributed by atoms with E-state index in [9.17, 15) is 9.59 Å². The van der Waals surface area contributed by atoms with Gasteiger partial charge in [-0.25, -0.2) is 9.97 Å². The van der Waals surface area contributed by atoms with Gasteiger partial charge in [0.15, 0.2) is 0 Å². The van der Waals surface area contributed by atoms with Crippen LogP contribution in [0, 0.1) is 10.8 Å². The number of hydrogen-bond donors (Lipinski definition) is 2. The number of rotatable bonds is 9. The van der Waals surface area contributed by atoms with Crippen LogP contribution in [0.5, 0.6) is 0 Å². The molecule has 2 rings (SSSR count). The Morgan fingerprint density at radius 3 is 1.61 bits per heavy atom. The van der Waals surface area contributed by atoms with Crippen LogP contribution in [0.3, 0.4) is 0 Å². The maximum atomic E-state index is 12.3. The van der Waals surface area contributed by atoms with Gasteiger partial charge in [-0.1, -0.05) is 53.7 Å². The van der Waals surface area contributed by atoms with Crippen LogP contribution in [0.1, 0.15) is 52.9 Å². The van der Waals surface area contributed by atoms with Gasteiger partial charge in [0, 0.05) is 36.2 Å². The van der Waals surface area contributed by atoms with Gasteiger partial charge in [-0.3, -0.25) is 14.5 Å². The zero-order valence-corrected chi connectivity index (χ0v) is 21.7. The average Bonchev–Trinajstić information content (AvgIpc) is 2.71. The summed E-state index contributed by atoms with van der Waals surface area (Å²) in [6.45, 7) is 13.4. The van der Waals surface area contributed by atoms with E-state index in [2.05, 4.69) is 31.8 Å². The van der Waals surface area contributed by atoms with Crippen molar-refractivity contribution in [1.82, 2.24) is 14.9 Å². The highest BCUT2D eigenvalue weighted by atomic mass is 32.2. The lowest BCUT2D eigenvalue weighted by Gasteiger charge is -2.22. The maximum absolute atomic E-state index is 12.3. The van der Waals surface area contributed by atoms with Gasteiger partial charge in [-0.15, -0.1) is 0 Å². The van der Waals surface area contributed by atoms with Crippen molar-refractivity contribution in [1.29, 1.82) is 0 Å². The molecule has 0 aliphatic heterocycles. The van der Waals surface area contributed by atoms with Crippen molar-refractivity contribution in [3.05, 3.63) is 47.8 Å². The summed E-state index contributed by atoms with van der Waals surface area (Å²) in [5.41, 5.74) is 0.780. The summed E-state index contributed by atoms with van der Waals surface area (Å²) in [6, 6.07) is 11.4. The lowest BCUT2D eigenvalue weighted by Crippen LogP contribution is -2.29. The number of nitrogens with one attached hydrogen (secondary N) is 2. The number of carbonyl (C=O) groups excluding carboxylic acids is 2. The molecule has 180 valence electrons. The minimum absolute atomic E-state index is 0.0651. The molecule has 2 N–H and O–H groups in total. The van der Waals surface area contributed by atoms with E-state index in [4.69, 9.17) is 0 Å². The number of anilines is 2. The Kier molecular flexibility index (Phi) is 9.43. The SMILES string of the molecule is CSCCN(Cc1cccc(NC(=O)C(C)(C)C)n1)Cc1cccc(NC(=O)C(C)(C)C)n1. The number of carbonyl (C=O) groups is 2. The van der Waals surface area contributed by atoms with Crippen LogP contribution in [0.25, 0.3) is 0 Å². The molecule has 2 aromatic rings. The predicted molar refractivity (Wildman–Crippen MR) is 137 cm³/mol. The predicted octanol–water partition coefficient (Wildman–Crippen LogP) is 4.81. The Labute approximate surface area is 202 Å². The molecule has 8 heteroatoms. The van der Waals surface area contributed by atoms with Crippen LogP contribution in [-0.2, 0) is 22.7 Å². The largest absolute Gasteiger partial charge is 0.310 e. The van der Waals surface area contributed by atoms with Crippen LogP contribution in [0.4, 0.5) is 11.6 Å². The molecule has 0 aliphatic carbocycles. The van der Waals surface area contributed by atoms with Crippen LogP contribution in [0.15, 0.2) is 36.4 Å². The standard InChI is InChI=1S/C25H37N5O2S/c1-24(2,3)22(31)28-20-12-8-10-18(26-20)16-30(14-15-33-7)17-19-11-9-13-21(27-19)29-23(32)25(4,5)6/h8-13H,14-17H2,1-7H3,(H,26,28,31)(H,27,29,32). The molecular weight excluding hydrogens is 434 g/mol. The van der Waals surface area contributed by atoms with Gasteiger partial charge in [-0.2, -0.15) is 11.8 Å². The van der Waals surface area contributed by atoms with E-state index in [1.54, 1.807) is 11.8 Å². The molecule has 0 atom stereocenters. The van der Waals surface area contributed by atoms with Gasteiger partial charge < -0.3 is 10.6 Å². The van der Waals surface area contributed by atoms with Gasteiger partial charge in [0.2, 0.25) is 11.8 Å². The molecule has 0 aromatic carbocycles. The molecule has 0 fully saturated rings. The first-order valence-corrected chi connectivity index (χ1v) is 12.5. The van der Waals surface area contributed by atoms with Crippen molar-refractivity contribution in [3.63, 3.8) is 0 Å². The lowest BCUT2D eigenvalue weighted by atomic mass is 9.96. The minimum atomic E-state index is -0.485. The molecule has 0 saturated carbocycles. The summed E-state index contributed by atoms with van der Waals surface area (Å²) in [4.78, 5) is 36.2. The minimum Gasteiger partial charge on any atom is -0.310 e. The van der Waals surface area contributed by atoms with E-state index in [0.717, 1.165) is 23.7 Å². The topological polar surface area (TPSA) is 87.2 Å². The smallest absolute Gasteiger partial charge is 0.230 e. The number of thioether (sulfide) groups is 1. The fraction of sp³-hybridized carbons (Fsp3) is 0.520. The highest BCUT2D eigenvalue weighted by molar-refractivity contribution is 7.98. The van der Waals surface area contributed by atoms with Gasteiger partial charge in [0.25, 0.3) is 0 Å². The second-order valence-electron chi connectivity index (χ2n) is 10.1. The van der Waals surface area contributed by atoms with Crippen molar-refractivity contribution in [2.24, 2.45) is 10.8 Å². The first kappa shape index (κ1) is 26.8. The van der Waals surface area contributed by atoms with Crippen LogP contribution in [0.2, 0.25) is 0 Å². The normalized spacial score (nSPS) is 12.0. The Balaban J connectivity index is 2.13. The summed E-state index contributed by atoms with van der Waals surface area (Å²) in [7, 11) is 0. The highest BCUT2D eigenvalue weighted by Crippen LogP contribution is 2.19. The Morgan fingerprint density at radius 2 is 1.24 bits per heavy atom. The number of pyridine rings is 2. The number of amides is 2. The molecule has 7 nitrogen and oxygen atoms in total. The molecular formula is C25H37N5O2S. The third kappa shape index (κ3) is 9.14. The maximum Gasteiger partial charge on any atom is 0.230 e. The average molecular weight is 472 g/mol. The quantitative estimate of drug-likeness (QED) is 0.546. The van der Waals surface area contributed by atoms with E-state index < -0.39 is 10.8 Å². The van der Waals surface area contributed by atoms with Crippen molar-refractivity contribution in [2.75, 3.05) is 29.2 Å². The molecule has 33 heavy (non-hydrogen) atoms. The number of nitrogens with zero attached hydrogens (tertiary/aromatic N) is 3. The lowest BCUT2D eigenvalue weighted by molar-refractivity contribution is -0.123. The fourth-order valence-electron chi connectivity index (χ4n) is 2.77. The van der Waals surface area contributed by atoms with Gasteiger partial charge in [0.05, 0.1) is 11.4 Å². The molecule has 0 radical (unpaired) electrons. The van der Waals surface area contributed by atoms with Crippen LogP contribution in [-0.4, -0.2) is 45.2 Å². The summed E-state index contributed by atoms with van der Waals surface area (Å²) in [5.74, 6) is 1.96. The van der Waals surface area contributed by atoms with E-state index in [1.165, 1.54) is 0 Å². The fourth-order valence-corrected chi connectivity index (χ4v) is 3.22. The second kappa shape index (κ2) is 11.6. The summed E-state index contributed by atoms with van der Waals surface area (Å²) >= 11 is 1.78. The zero-order valence-electron chi connectivity index (χ0n) is 20.9.